The van der Waals surface area contributed by atoms with Crippen LogP contribution in [-0.4, -0.2) is 21.4 Å². The molecule has 0 aliphatic rings. The van der Waals surface area contributed by atoms with Gasteiger partial charge >= 0.3 is 5.69 Å². The van der Waals surface area contributed by atoms with Crippen LogP contribution in [0, 0.1) is 15.9 Å². The first-order chi connectivity index (χ1) is 10.0. The first kappa shape index (κ1) is 14.9. The van der Waals surface area contributed by atoms with E-state index in [-0.39, 0.29) is 16.7 Å². The van der Waals surface area contributed by atoms with Crippen molar-refractivity contribution < 1.29 is 14.1 Å². The quantitative estimate of drug-likeness (QED) is 0.672. The van der Waals surface area contributed by atoms with Gasteiger partial charge in [-0.15, -0.1) is 0 Å². The Bertz CT molecular complexity index is 684. The minimum Gasteiger partial charge on any atom is -0.437 e. The van der Waals surface area contributed by atoms with E-state index < -0.39 is 16.4 Å². The molecule has 0 amide bonds. The SMILES string of the molecule is CCNc1ncc(Cl)c(Oc2ccc([N+](=O)[O-])c(F)c2)n1. The van der Waals surface area contributed by atoms with Crippen LogP contribution in [0.2, 0.25) is 5.02 Å². The lowest BCUT2D eigenvalue weighted by atomic mass is 10.3. The Morgan fingerprint density at radius 3 is 2.90 bits per heavy atom. The lowest BCUT2D eigenvalue weighted by Crippen LogP contribution is -2.03. The highest BCUT2D eigenvalue weighted by molar-refractivity contribution is 6.31. The van der Waals surface area contributed by atoms with E-state index in [1.165, 1.54) is 12.3 Å². The van der Waals surface area contributed by atoms with Gasteiger partial charge in [-0.1, -0.05) is 11.6 Å². The van der Waals surface area contributed by atoms with Crippen LogP contribution in [0.1, 0.15) is 6.92 Å². The summed E-state index contributed by atoms with van der Waals surface area (Å²) in [7, 11) is 0. The Morgan fingerprint density at radius 1 is 1.52 bits per heavy atom. The standard InChI is InChI=1S/C12H10ClFN4O3/c1-2-15-12-16-6-8(13)11(17-12)21-7-3-4-10(18(19)20)9(14)5-7/h3-6H,2H2,1H3,(H,15,16,17). The van der Waals surface area contributed by atoms with Crippen LogP contribution >= 0.6 is 11.6 Å². The monoisotopic (exact) mass is 312 g/mol. The fourth-order valence-corrected chi connectivity index (χ4v) is 1.61. The van der Waals surface area contributed by atoms with E-state index in [1.807, 2.05) is 6.92 Å². The first-order valence-electron chi connectivity index (χ1n) is 5.89. The number of rotatable bonds is 5. The molecular formula is C12H10ClFN4O3. The number of nitro benzene ring substituents is 1. The molecule has 0 aliphatic carbocycles. The number of hydrogen-bond donors (Lipinski definition) is 1. The van der Waals surface area contributed by atoms with E-state index >= 15 is 0 Å². The topological polar surface area (TPSA) is 90.2 Å². The molecule has 110 valence electrons. The summed E-state index contributed by atoms with van der Waals surface area (Å²) >= 11 is 5.89. The van der Waals surface area contributed by atoms with Crippen molar-refractivity contribution >= 4 is 23.2 Å². The van der Waals surface area contributed by atoms with Crippen molar-refractivity contribution in [2.45, 2.75) is 6.92 Å². The highest BCUT2D eigenvalue weighted by Gasteiger charge is 2.15. The van der Waals surface area contributed by atoms with Crippen molar-refractivity contribution in [2.24, 2.45) is 0 Å². The zero-order chi connectivity index (χ0) is 15.4. The zero-order valence-corrected chi connectivity index (χ0v) is 11.6. The average molecular weight is 313 g/mol. The summed E-state index contributed by atoms with van der Waals surface area (Å²) in [6, 6.07) is 3.15. The van der Waals surface area contributed by atoms with Gasteiger partial charge in [0, 0.05) is 18.7 Å². The van der Waals surface area contributed by atoms with Gasteiger partial charge in [-0.2, -0.15) is 9.37 Å². The van der Waals surface area contributed by atoms with E-state index in [0.29, 0.717) is 12.5 Å². The van der Waals surface area contributed by atoms with Gasteiger partial charge in [0.25, 0.3) is 0 Å². The lowest BCUT2D eigenvalue weighted by molar-refractivity contribution is -0.387. The number of anilines is 1. The largest absolute Gasteiger partial charge is 0.437 e. The third kappa shape index (κ3) is 3.54. The van der Waals surface area contributed by atoms with Crippen molar-refractivity contribution in [2.75, 3.05) is 11.9 Å². The predicted molar refractivity (Wildman–Crippen MR) is 74.3 cm³/mol. The van der Waals surface area contributed by atoms with Crippen molar-refractivity contribution in [1.29, 1.82) is 0 Å². The van der Waals surface area contributed by atoms with Gasteiger partial charge < -0.3 is 10.1 Å². The number of nitrogens with one attached hydrogen (secondary N) is 1. The van der Waals surface area contributed by atoms with Gasteiger partial charge in [0.05, 0.1) is 11.1 Å². The third-order valence-electron chi connectivity index (χ3n) is 2.38. The van der Waals surface area contributed by atoms with Crippen LogP contribution in [-0.2, 0) is 0 Å². The summed E-state index contributed by atoms with van der Waals surface area (Å²) in [4.78, 5) is 17.7. The molecule has 2 rings (SSSR count). The molecule has 1 heterocycles. The van der Waals surface area contributed by atoms with E-state index in [2.05, 4.69) is 15.3 Å². The Hall–Kier alpha value is -2.48. The van der Waals surface area contributed by atoms with Crippen molar-refractivity contribution in [3.8, 4) is 11.6 Å². The van der Waals surface area contributed by atoms with Crippen molar-refractivity contribution in [3.05, 3.63) is 45.4 Å². The van der Waals surface area contributed by atoms with Gasteiger partial charge in [0.2, 0.25) is 17.6 Å². The van der Waals surface area contributed by atoms with Gasteiger partial charge in [-0.3, -0.25) is 10.1 Å². The van der Waals surface area contributed by atoms with E-state index in [0.717, 1.165) is 12.1 Å². The van der Waals surface area contributed by atoms with E-state index in [9.17, 15) is 14.5 Å². The molecule has 0 saturated carbocycles. The average Bonchev–Trinajstić information content (AvgIpc) is 2.42. The number of aromatic nitrogens is 2. The summed E-state index contributed by atoms with van der Waals surface area (Å²) < 4.78 is 18.8. The Balaban J connectivity index is 2.27. The summed E-state index contributed by atoms with van der Waals surface area (Å²) in [6.07, 6.45) is 1.34. The number of nitro groups is 1. The van der Waals surface area contributed by atoms with Crippen molar-refractivity contribution in [3.63, 3.8) is 0 Å². The molecule has 7 nitrogen and oxygen atoms in total. The molecule has 0 spiro atoms. The molecule has 0 unspecified atom stereocenters. The molecule has 21 heavy (non-hydrogen) atoms. The second kappa shape index (κ2) is 6.31. The fraction of sp³-hybridized carbons (Fsp3) is 0.167. The minimum absolute atomic E-state index is 0.0240. The second-order valence-corrected chi connectivity index (χ2v) is 4.26. The molecule has 1 N–H and O–H groups in total. The number of benzene rings is 1. The second-order valence-electron chi connectivity index (χ2n) is 3.85. The molecule has 9 heteroatoms. The van der Waals surface area contributed by atoms with Gasteiger partial charge in [0.15, 0.2) is 0 Å². The van der Waals surface area contributed by atoms with Gasteiger partial charge in [0.1, 0.15) is 10.8 Å². The highest BCUT2D eigenvalue weighted by atomic mass is 35.5. The first-order valence-corrected chi connectivity index (χ1v) is 6.27. The van der Waals surface area contributed by atoms with Crippen LogP contribution in [0.4, 0.5) is 16.0 Å². The molecule has 0 radical (unpaired) electrons. The predicted octanol–water partition coefficient (Wildman–Crippen LogP) is 3.40. The Kier molecular flexibility index (Phi) is 4.49. The van der Waals surface area contributed by atoms with E-state index in [1.54, 1.807) is 0 Å². The maximum Gasteiger partial charge on any atom is 0.305 e. The number of hydrogen-bond acceptors (Lipinski definition) is 6. The molecule has 0 aliphatic heterocycles. The van der Waals surface area contributed by atoms with E-state index in [4.69, 9.17) is 16.3 Å². The lowest BCUT2D eigenvalue weighted by Gasteiger charge is -2.08. The molecule has 0 fully saturated rings. The third-order valence-corrected chi connectivity index (χ3v) is 2.64. The number of ether oxygens (including phenoxy) is 1. The number of nitrogens with zero attached hydrogens (tertiary/aromatic N) is 3. The molecule has 0 atom stereocenters. The van der Waals surface area contributed by atoms with Gasteiger partial charge in [-0.25, -0.2) is 4.98 Å². The maximum absolute atomic E-state index is 13.5. The molecule has 2 aromatic rings. The molecule has 1 aromatic carbocycles. The Morgan fingerprint density at radius 2 is 2.29 bits per heavy atom. The zero-order valence-electron chi connectivity index (χ0n) is 10.8. The van der Waals surface area contributed by atoms with Crippen molar-refractivity contribution in [1.82, 2.24) is 9.97 Å². The normalized spacial score (nSPS) is 10.2. The molecule has 0 bridgehead atoms. The summed E-state index contributed by atoms with van der Waals surface area (Å²) in [5.41, 5.74) is -0.635. The fourth-order valence-electron chi connectivity index (χ4n) is 1.48. The summed E-state index contributed by atoms with van der Waals surface area (Å²) in [6.45, 7) is 2.47. The smallest absolute Gasteiger partial charge is 0.305 e. The van der Waals surface area contributed by atoms with Crippen LogP contribution < -0.4 is 10.1 Å². The minimum atomic E-state index is -1.01. The van der Waals surface area contributed by atoms with Crippen LogP contribution in [0.25, 0.3) is 0 Å². The van der Waals surface area contributed by atoms with Crippen LogP contribution in [0.15, 0.2) is 24.4 Å². The van der Waals surface area contributed by atoms with Crippen LogP contribution in [0.5, 0.6) is 11.6 Å². The molecule has 0 saturated heterocycles. The molecule has 1 aromatic heterocycles. The summed E-state index contributed by atoms with van der Waals surface area (Å²) in [5, 5.41) is 13.5. The van der Waals surface area contributed by atoms with Crippen LogP contribution in [0.3, 0.4) is 0 Å². The highest BCUT2D eigenvalue weighted by Crippen LogP contribution is 2.30. The summed E-state index contributed by atoms with van der Waals surface area (Å²) in [5.74, 6) is -0.633. The Labute approximate surface area is 123 Å². The molecular weight excluding hydrogens is 303 g/mol. The van der Waals surface area contributed by atoms with Gasteiger partial charge in [-0.05, 0) is 13.0 Å². The number of halogens is 2. The maximum atomic E-state index is 13.5.